The Morgan fingerprint density at radius 1 is 1.35 bits per heavy atom. The summed E-state index contributed by atoms with van der Waals surface area (Å²) in [7, 11) is 0. The molecule has 0 aliphatic carbocycles. The standard InChI is InChI=1S/C16H20BrNO2/c17-12-5-10-3-4-19-15(10)11(6-12)7-16(9-18)8-13-1-2-14(16)20-13/h5-6,13-14H,1-4,7-9,18H2. The Bertz CT molecular complexity index is 548. The maximum Gasteiger partial charge on any atom is 0.125 e. The van der Waals surface area contributed by atoms with Gasteiger partial charge in [0.2, 0.25) is 0 Å². The SMILES string of the molecule is NCC1(Cc2cc(Br)cc3c2OCC3)CC2CCC1O2. The van der Waals surface area contributed by atoms with Crippen LogP contribution in [0.2, 0.25) is 0 Å². The molecule has 108 valence electrons. The minimum Gasteiger partial charge on any atom is -0.493 e. The van der Waals surface area contributed by atoms with Crippen molar-refractivity contribution in [1.82, 2.24) is 0 Å². The number of benzene rings is 1. The summed E-state index contributed by atoms with van der Waals surface area (Å²) in [5.41, 5.74) is 8.89. The fourth-order valence-electron chi connectivity index (χ4n) is 4.22. The van der Waals surface area contributed by atoms with Crippen LogP contribution in [-0.4, -0.2) is 25.4 Å². The van der Waals surface area contributed by atoms with E-state index in [0.29, 0.717) is 18.8 Å². The molecule has 3 aliphatic rings. The van der Waals surface area contributed by atoms with Crippen molar-refractivity contribution in [1.29, 1.82) is 0 Å². The summed E-state index contributed by atoms with van der Waals surface area (Å²) >= 11 is 3.63. The number of hydrogen-bond donors (Lipinski definition) is 1. The molecule has 4 heteroatoms. The van der Waals surface area contributed by atoms with Gasteiger partial charge in [0.15, 0.2) is 0 Å². The molecule has 0 radical (unpaired) electrons. The van der Waals surface area contributed by atoms with Gasteiger partial charge in [-0.1, -0.05) is 15.9 Å². The van der Waals surface area contributed by atoms with Crippen LogP contribution in [0.4, 0.5) is 0 Å². The van der Waals surface area contributed by atoms with E-state index in [1.54, 1.807) is 0 Å². The first-order chi connectivity index (χ1) is 9.70. The van der Waals surface area contributed by atoms with Gasteiger partial charge < -0.3 is 15.2 Å². The molecule has 2 bridgehead atoms. The number of ether oxygens (including phenoxy) is 2. The Balaban J connectivity index is 1.69. The van der Waals surface area contributed by atoms with Gasteiger partial charge in [0.25, 0.3) is 0 Å². The van der Waals surface area contributed by atoms with Gasteiger partial charge in [-0.15, -0.1) is 0 Å². The van der Waals surface area contributed by atoms with Gasteiger partial charge >= 0.3 is 0 Å². The second-order valence-corrected chi connectivity index (χ2v) is 7.34. The monoisotopic (exact) mass is 337 g/mol. The molecule has 20 heavy (non-hydrogen) atoms. The van der Waals surface area contributed by atoms with Crippen molar-refractivity contribution in [2.45, 2.75) is 44.3 Å². The molecule has 3 atom stereocenters. The van der Waals surface area contributed by atoms with Crippen LogP contribution < -0.4 is 10.5 Å². The Morgan fingerprint density at radius 2 is 2.25 bits per heavy atom. The van der Waals surface area contributed by atoms with E-state index >= 15 is 0 Å². The molecule has 2 N–H and O–H groups in total. The quantitative estimate of drug-likeness (QED) is 0.922. The molecule has 4 rings (SSSR count). The van der Waals surface area contributed by atoms with Crippen molar-refractivity contribution in [2.75, 3.05) is 13.2 Å². The molecule has 3 unspecified atom stereocenters. The number of hydrogen-bond acceptors (Lipinski definition) is 3. The first kappa shape index (κ1) is 13.1. The molecule has 0 saturated carbocycles. The van der Waals surface area contributed by atoms with E-state index in [-0.39, 0.29) is 5.41 Å². The van der Waals surface area contributed by atoms with Gasteiger partial charge in [-0.25, -0.2) is 0 Å². The lowest BCUT2D eigenvalue weighted by Crippen LogP contribution is -2.41. The smallest absolute Gasteiger partial charge is 0.125 e. The Morgan fingerprint density at radius 3 is 2.95 bits per heavy atom. The van der Waals surface area contributed by atoms with E-state index < -0.39 is 0 Å². The molecule has 2 saturated heterocycles. The van der Waals surface area contributed by atoms with Crippen molar-refractivity contribution < 1.29 is 9.47 Å². The highest BCUT2D eigenvalue weighted by Gasteiger charge is 2.51. The predicted molar refractivity (Wildman–Crippen MR) is 81.0 cm³/mol. The van der Waals surface area contributed by atoms with Crippen LogP contribution in [0.1, 0.15) is 30.4 Å². The van der Waals surface area contributed by atoms with Crippen molar-refractivity contribution >= 4 is 15.9 Å². The highest BCUT2D eigenvalue weighted by molar-refractivity contribution is 9.10. The zero-order valence-corrected chi connectivity index (χ0v) is 13.1. The third-order valence-corrected chi connectivity index (χ3v) is 5.66. The maximum absolute atomic E-state index is 6.15. The summed E-state index contributed by atoms with van der Waals surface area (Å²) in [6, 6.07) is 4.38. The average Bonchev–Trinajstić information content (AvgIpc) is 3.12. The molecule has 0 spiro atoms. The summed E-state index contributed by atoms with van der Waals surface area (Å²) in [5.74, 6) is 1.10. The van der Waals surface area contributed by atoms with E-state index in [0.717, 1.165) is 36.1 Å². The minimum atomic E-state index is 0.115. The average molecular weight is 338 g/mol. The minimum absolute atomic E-state index is 0.115. The molecular formula is C16H20BrNO2. The van der Waals surface area contributed by atoms with E-state index in [2.05, 4.69) is 28.1 Å². The summed E-state index contributed by atoms with van der Waals surface area (Å²) < 4.78 is 13.1. The zero-order chi connectivity index (χ0) is 13.7. The Labute approximate surface area is 127 Å². The van der Waals surface area contributed by atoms with Gasteiger partial charge in [-0.3, -0.25) is 0 Å². The van der Waals surface area contributed by atoms with Crippen LogP contribution in [0.15, 0.2) is 16.6 Å². The fraction of sp³-hybridized carbons (Fsp3) is 0.625. The van der Waals surface area contributed by atoms with Crippen LogP contribution in [0, 0.1) is 5.41 Å². The fourth-order valence-corrected chi connectivity index (χ4v) is 4.77. The molecule has 0 aromatic heterocycles. The van der Waals surface area contributed by atoms with Gasteiger partial charge in [0.05, 0.1) is 18.8 Å². The van der Waals surface area contributed by atoms with Gasteiger partial charge in [0, 0.05) is 22.9 Å². The molecule has 1 aromatic rings. The first-order valence-corrected chi connectivity index (χ1v) is 8.29. The van der Waals surface area contributed by atoms with Crippen LogP contribution in [0.3, 0.4) is 0 Å². The van der Waals surface area contributed by atoms with Crippen LogP contribution in [0.25, 0.3) is 0 Å². The second-order valence-electron chi connectivity index (χ2n) is 6.42. The number of fused-ring (bicyclic) bond motifs is 3. The molecule has 0 amide bonds. The highest BCUT2D eigenvalue weighted by Crippen LogP contribution is 2.50. The van der Waals surface area contributed by atoms with Crippen LogP contribution in [-0.2, 0) is 17.6 Å². The molecule has 1 aromatic carbocycles. The summed E-state index contributed by atoms with van der Waals surface area (Å²) in [4.78, 5) is 0. The van der Waals surface area contributed by atoms with Crippen molar-refractivity contribution in [3.63, 3.8) is 0 Å². The predicted octanol–water partition coefficient (Wildman–Crippen LogP) is 2.82. The summed E-state index contributed by atoms with van der Waals surface area (Å²) in [6.07, 6.45) is 6.25. The van der Waals surface area contributed by atoms with Crippen molar-refractivity contribution in [3.05, 3.63) is 27.7 Å². The number of halogens is 1. The van der Waals surface area contributed by atoms with Crippen LogP contribution >= 0.6 is 15.9 Å². The van der Waals surface area contributed by atoms with Gasteiger partial charge in [-0.2, -0.15) is 0 Å². The van der Waals surface area contributed by atoms with Crippen molar-refractivity contribution in [2.24, 2.45) is 11.1 Å². The molecular weight excluding hydrogens is 318 g/mol. The zero-order valence-electron chi connectivity index (χ0n) is 11.5. The number of nitrogens with two attached hydrogens (primary N) is 1. The Kier molecular flexibility index (Phi) is 3.09. The lowest BCUT2D eigenvalue weighted by atomic mass is 9.70. The van der Waals surface area contributed by atoms with Crippen LogP contribution in [0.5, 0.6) is 5.75 Å². The third kappa shape index (κ3) is 1.92. The largest absolute Gasteiger partial charge is 0.493 e. The second kappa shape index (κ2) is 4.72. The molecule has 3 heterocycles. The molecule has 3 nitrogen and oxygen atoms in total. The van der Waals surface area contributed by atoms with E-state index in [4.69, 9.17) is 15.2 Å². The maximum atomic E-state index is 6.15. The van der Waals surface area contributed by atoms with E-state index in [1.165, 1.54) is 24.0 Å². The molecule has 3 aliphatic heterocycles. The summed E-state index contributed by atoms with van der Waals surface area (Å²) in [5, 5.41) is 0. The van der Waals surface area contributed by atoms with Gasteiger partial charge in [-0.05, 0) is 48.9 Å². The lowest BCUT2D eigenvalue weighted by molar-refractivity contribution is 0.0634. The van der Waals surface area contributed by atoms with E-state index in [1.807, 2.05) is 0 Å². The first-order valence-electron chi connectivity index (χ1n) is 7.50. The lowest BCUT2D eigenvalue weighted by Gasteiger charge is -2.34. The number of rotatable bonds is 3. The Hall–Kier alpha value is -0.580. The van der Waals surface area contributed by atoms with E-state index in [9.17, 15) is 0 Å². The summed E-state index contributed by atoms with van der Waals surface area (Å²) in [6.45, 7) is 1.51. The topological polar surface area (TPSA) is 44.5 Å². The molecule has 2 fully saturated rings. The normalized spacial score (nSPS) is 34.3. The van der Waals surface area contributed by atoms with Crippen molar-refractivity contribution in [3.8, 4) is 5.75 Å². The highest BCUT2D eigenvalue weighted by atomic mass is 79.9. The third-order valence-electron chi connectivity index (χ3n) is 5.20. The van der Waals surface area contributed by atoms with Gasteiger partial charge in [0.1, 0.15) is 5.75 Å².